The Kier molecular flexibility index (Phi) is 6.21. The van der Waals surface area contributed by atoms with Gasteiger partial charge in [0.2, 0.25) is 0 Å². The lowest BCUT2D eigenvalue weighted by Gasteiger charge is -2.24. The Morgan fingerprint density at radius 3 is 2.46 bits per heavy atom. The summed E-state index contributed by atoms with van der Waals surface area (Å²) < 4.78 is 15.6. The lowest BCUT2D eigenvalue weighted by atomic mass is 10.2. The van der Waals surface area contributed by atoms with E-state index in [2.05, 4.69) is 27.7 Å². The summed E-state index contributed by atoms with van der Waals surface area (Å²) in [7, 11) is 0. The molecule has 4 heteroatoms. The van der Waals surface area contributed by atoms with Crippen molar-refractivity contribution in [1.29, 1.82) is 0 Å². The summed E-state index contributed by atoms with van der Waals surface area (Å²) in [6.07, 6.45) is 1.62. The van der Waals surface area contributed by atoms with Gasteiger partial charge in [-0.05, 0) is 42.3 Å². The topological polar surface area (TPSA) is 28.4 Å². The molecule has 3 rings (SSSR count). The molecule has 2 aromatic carbocycles. The van der Waals surface area contributed by atoms with Gasteiger partial charge in [-0.3, -0.25) is 4.90 Å². The molecule has 1 heterocycles. The number of hydrogen-bond acceptors (Lipinski definition) is 2. The van der Waals surface area contributed by atoms with Crippen molar-refractivity contribution in [2.24, 2.45) is 0 Å². The van der Waals surface area contributed by atoms with Gasteiger partial charge in [0.15, 0.2) is 0 Å². The highest BCUT2D eigenvalue weighted by molar-refractivity contribution is 5.19. The maximum atomic E-state index is 13.4. The normalized spacial score (nSPS) is 12.5. The van der Waals surface area contributed by atoms with Crippen LogP contribution in [-0.4, -0.2) is 27.2 Å². The van der Waals surface area contributed by atoms with Gasteiger partial charge < -0.3 is 9.67 Å². The number of rotatable bonds is 8. The van der Waals surface area contributed by atoms with Gasteiger partial charge in [0, 0.05) is 38.1 Å². The molecule has 0 aliphatic rings. The zero-order valence-corrected chi connectivity index (χ0v) is 15.1. The van der Waals surface area contributed by atoms with Crippen molar-refractivity contribution in [3.8, 4) is 0 Å². The Morgan fingerprint density at radius 2 is 1.73 bits per heavy atom. The Hall–Kier alpha value is -2.43. The first kappa shape index (κ1) is 18.4. The average molecular weight is 352 g/mol. The molecule has 3 nitrogen and oxygen atoms in total. The molecule has 0 aliphatic heterocycles. The number of halogens is 1. The van der Waals surface area contributed by atoms with Crippen LogP contribution < -0.4 is 0 Å². The summed E-state index contributed by atoms with van der Waals surface area (Å²) in [6.45, 7) is 4.54. The average Bonchev–Trinajstić information content (AvgIpc) is 3.02. The highest BCUT2D eigenvalue weighted by Gasteiger charge is 2.12. The van der Waals surface area contributed by atoms with E-state index in [0.29, 0.717) is 13.1 Å². The standard InChI is InChI=1S/C22H25FN2O/c1-18(26)14-24(15-19-7-3-2-4-8-19)17-22-11-6-12-25(22)16-20-9-5-10-21(23)13-20/h2-13,18,26H,14-17H2,1H3/t18-/m1/s1. The van der Waals surface area contributed by atoms with Crippen LogP contribution in [0, 0.1) is 5.82 Å². The minimum atomic E-state index is -0.398. The van der Waals surface area contributed by atoms with Crippen molar-refractivity contribution in [2.75, 3.05) is 6.54 Å². The Balaban J connectivity index is 1.73. The second kappa shape index (κ2) is 8.79. The molecule has 1 aromatic heterocycles. The molecule has 0 bridgehead atoms. The molecule has 26 heavy (non-hydrogen) atoms. The minimum absolute atomic E-state index is 0.212. The van der Waals surface area contributed by atoms with Crippen LogP contribution in [0.5, 0.6) is 0 Å². The first-order valence-corrected chi connectivity index (χ1v) is 8.93. The molecule has 0 unspecified atom stereocenters. The maximum Gasteiger partial charge on any atom is 0.123 e. The van der Waals surface area contributed by atoms with Gasteiger partial charge in [0.1, 0.15) is 5.82 Å². The summed E-state index contributed by atoms with van der Waals surface area (Å²) in [5, 5.41) is 9.87. The molecule has 0 radical (unpaired) electrons. The zero-order chi connectivity index (χ0) is 18.4. The lowest BCUT2D eigenvalue weighted by molar-refractivity contribution is 0.116. The first-order valence-electron chi connectivity index (χ1n) is 8.93. The van der Waals surface area contributed by atoms with Crippen LogP contribution in [0.3, 0.4) is 0 Å². The number of benzene rings is 2. The van der Waals surface area contributed by atoms with Gasteiger partial charge in [0.05, 0.1) is 6.10 Å². The minimum Gasteiger partial charge on any atom is -0.392 e. The fourth-order valence-electron chi connectivity index (χ4n) is 3.21. The number of aliphatic hydroxyl groups excluding tert-OH is 1. The van der Waals surface area contributed by atoms with Gasteiger partial charge in [-0.25, -0.2) is 4.39 Å². The van der Waals surface area contributed by atoms with Crippen LogP contribution in [0.4, 0.5) is 4.39 Å². The van der Waals surface area contributed by atoms with Crippen LogP contribution in [-0.2, 0) is 19.6 Å². The fraction of sp³-hybridized carbons (Fsp3) is 0.273. The zero-order valence-electron chi connectivity index (χ0n) is 15.1. The van der Waals surface area contributed by atoms with Crippen molar-refractivity contribution in [3.05, 3.63) is 95.6 Å². The van der Waals surface area contributed by atoms with Crippen molar-refractivity contribution >= 4 is 0 Å². The third-order valence-corrected chi connectivity index (χ3v) is 4.32. The van der Waals surface area contributed by atoms with Gasteiger partial charge >= 0.3 is 0 Å². The summed E-state index contributed by atoms with van der Waals surface area (Å²) in [4.78, 5) is 2.23. The molecule has 1 atom stereocenters. The predicted molar refractivity (Wildman–Crippen MR) is 102 cm³/mol. The monoisotopic (exact) mass is 352 g/mol. The lowest BCUT2D eigenvalue weighted by Crippen LogP contribution is -2.31. The second-order valence-corrected chi connectivity index (χ2v) is 6.76. The van der Waals surface area contributed by atoms with E-state index in [0.717, 1.165) is 24.3 Å². The molecule has 0 fully saturated rings. The number of aliphatic hydroxyl groups is 1. The second-order valence-electron chi connectivity index (χ2n) is 6.76. The van der Waals surface area contributed by atoms with Crippen LogP contribution in [0.1, 0.15) is 23.7 Å². The fourth-order valence-corrected chi connectivity index (χ4v) is 3.21. The largest absolute Gasteiger partial charge is 0.392 e. The van der Waals surface area contributed by atoms with Crippen molar-refractivity contribution in [1.82, 2.24) is 9.47 Å². The highest BCUT2D eigenvalue weighted by Crippen LogP contribution is 2.14. The van der Waals surface area contributed by atoms with E-state index >= 15 is 0 Å². The smallest absolute Gasteiger partial charge is 0.123 e. The van der Waals surface area contributed by atoms with Crippen LogP contribution in [0.15, 0.2) is 72.9 Å². The molecule has 0 aliphatic carbocycles. The number of nitrogens with zero attached hydrogens (tertiary/aromatic N) is 2. The first-order chi connectivity index (χ1) is 12.6. The summed E-state index contributed by atoms with van der Waals surface area (Å²) in [5.74, 6) is -0.212. The van der Waals surface area contributed by atoms with Crippen molar-refractivity contribution in [2.45, 2.75) is 32.7 Å². The number of hydrogen-bond donors (Lipinski definition) is 1. The maximum absolute atomic E-state index is 13.4. The Labute approximate surface area is 154 Å². The van der Waals surface area contributed by atoms with Crippen molar-refractivity contribution < 1.29 is 9.50 Å². The third-order valence-electron chi connectivity index (χ3n) is 4.32. The summed E-state index contributed by atoms with van der Waals surface area (Å²) in [6, 6.07) is 21.1. The summed E-state index contributed by atoms with van der Waals surface area (Å²) in [5.41, 5.74) is 3.30. The predicted octanol–water partition coefficient (Wildman–Crippen LogP) is 4.06. The quantitative estimate of drug-likeness (QED) is 0.662. The van der Waals surface area contributed by atoms with Crippen LogP contribution in [0.25, 0.3) is 0 Å². The van der Waals surface area contributed by atoms with E-state index in [4.69, 9.17) is 0 Å². The Morgan fingerprint density at radius 1 is 0.962 bits per heavy atom. The molecule has 0 amide bonds. The van der Waals surface area contributed by atoms with Gasteiger partial charge in [-0.15, -0.1) is 0 Å². The summed E-state index contributed by atoms with van der Waals surface area (Å²) >= 11 is 0. The highest BCUT2D eigenvalue weighted by atomic mass is 19.1. The van der Waals surface area contributed by atoms with E-state index in [1.807, 2.05) is 43.5 Å². The molecule has 0 saturated carbocycles. The van der Waals surface area contributed by atoms with Gasteiger partial charge in [-0.1, -0.05) is 42.5 Å². The third kappa shape index (κ3) is 5.28. The Bertz CT molecular complexity index is 814. The number of aromatic nitrogens is 1. The molecule has 1 N–H and O–H groups in total. The SMILES string of the molecule is C[C@@H](O)CN(Cc1ccccc1)Cc1cccn1Cc1cccc(F)c1. The van der Waals surface area contributed by atoms with Crippen LogP contribution >= 0.6 is 0 Å². The molecular formula is C22H25FN2O. The van der Waals surface area contributed by atoms with Crippen LogP contribution in [0.2, 0.25) is 0 Å². The van der Waals surface area contributed by atoms with E-state index in [-0.39, 0.29) is 5.82 Å². The van der Waals surface area contributed by atoms with E-state index in [9.17, 15) is 9.50 Å². The van der Waals surface area contributed by atoms with E-state index in [1.54, 1.807) is 12.1 Å². The molecule has 136 valence electrons. The van der Waals surface area contributed by atoms with E-state index in [1.165, 1.54) is 11.6 Å². The molecule has 0 saturated heterocycles. The molecule has 3 aromatic rings. The van der Waals surface area contributed by atoms with Gasteiger partial charge in [-0.2, -0.15) is 0 Å². The molecular weight excluding hydrogens is 327 g/mol. The van der Waals surface area contributed by atoms with Gasteiger partial charge in [0.25, 0.3) is 0 Å². The van der Waals surface area contributed by atoms with Crippen molar-refractivity contribution in [3.63, 3.8) is 0 Å². The van der Waals surface area contributed by atoms with E-state index < -0.39 is 6.10 Å². The molecule has 0 spiro atoms.